The fourth-order valence-electron chi connectivity index (χ4n) is 2.10. The van der Waals surface area contributed by atoms with E-state index in [4.69, 9.17) is 18.9 Å². The van der Waals surface area contributed by atoms with Crippen LogP contribution < -0.4 is 0 Å². The third-order valence-corrected chi connectivity index (χ3v) is 2.85. The molecule has 1 heterocycles. The van der Waals surface area contributed by atoms with Gasteiger partial charge in [-0.25, -0.2) is 4.79 Å². The molecule has 0 aromatic rings. The Balaban J connectivity index is 3.21. The molecular formula is C13H18O10. The van der Waals surface area contributed by atoms with Crippen molar-refractivity contribution >= 4 is 23.9 Å². The van der Waals surface area contributed by atoms with Crippen LogP contribution in [0.2, 0.25) is 0 Å². The van der Waals surface area contributed by atoms with Crippen LogP contribution in [-0.4, -0.2) is 66.8 Å². The SMILES string of the molecule is COC(=O)[C@H]1OC(O)[C@H](OC(C)=O)C(OC(C)=O)[C@@H]1OC(C)=O. The molecule has 1 fully saturated rings. The first-order valence-corrected chi connectivity index (χ1v) is 6.60. The Morgan fingerprint density at radius 2 is 1.26 bits per heavy atom. The molecule has 0 amide bonds. The maximum atomic E-state index is 11.8. The van der Waals surface area contributed by atoms with E-state index in [1.54, 1.807) is 0 Å². The lowest BCUT2D eigenvalue weighted by atomic mass is 9.98. The highest BCUT2D eigenvalue weighted by molar-refractivity contribution is 5.77. The standard InChI is InChI=1S/C13H18O10/c1-5(14)20-8-9(21-6(2)15)11(22-7(3)16)13(18)23-10(8)12(17)19-4/h8-11,13,18H,1-4H3/t8-,9?,10-,11+,13?/m0/s1. The minimum Gasteiger partial charge on any atom is -0.467 e. The van der Waals surface area contributed by atoms with Crippen molar-refractivity contribution in [3.05, 3.63) is 0 Å². The summed E-state index contributed by atoms with van der Waals surface area (Å²) in [4.78, 5) is 45.5. The Kier molecular flexibility index (Phi) is 6.46. The molecular weight excluding hydrogens is 316 g/mol. The van der Waals surface area contributed by atoms with Crippen molar-refractivity contribution in [2.45, 2.75) is 51.5 Å². The molecule has 1 aliphatic rings. The van der Waals surface area contributed by atoms with Crippen LogP contribution in [0.1, 0.15) is 20.8 Å². The van der Waals surface area contributed by atoms with Crippen LogP contribution in [0.15, 0.2) is 0 Å². The molecule has 130 valence electrons. The summed E-state index contributed by atoms with van der Waals surface area (Å²) in [5.74, 6) is -3.37. The van der Waals surface area contributed by atoms with Gasteiger partial charge < -0.3 is 28.8 Å². The van der Waals surface area contributed by atoms with Crippen molar-refractivity contribution in [2.75, 3.05) is 7.11 Å². The zero-order valence-corrected chi connectivity index (χ0v) is 13.0. The number of aliphatic hydroxyl groups excluding tert-OH is 1. The Bertz CT molecular complexity index is 487. The molecule has 23 heavy (non-hydrogen) atoms. The number of hydrogen-bond acceptors (Lipinski definition) is 10. The molecule has 0 spiro atoms. The molecule has 0 radical (unpaired) electrons. The zero-order chi connectivity index (χ0) is 17.7. The molecule has 1 N–H and O–H groups in total. The minimum absolute atomic E-state index is 0.798. The van der Waals surface area contributed by atoms with Crippen molar-refractivity contribution in [3.63, 3.8) is 0 Å². The average molecular weight is 334 g/mol. The van der Waals surface area contributed by atoms with Gasteiger partial charge in [0.2, 0.25) is 0 Å². The van der Waals surface area contributed by atoms with Gasteiger partial charge in [-0.2, -0.15) is 0 Å². The van der Waals surface area contributed by atoms with Crippen molar-refractivity contribution in [1.82, 2.24) is 0 Å². The van der Waals surface area contributed by atoms with E-state index in [0.717, 1.165) is 27.9 Å². The molecule has 1 rings (SSSR count). The number of ether oxygens (including phenoxy) is 5. The van der Waals surface area contributed by atoms with Crippen LogP contribution in [0.4, 0.5) is 0 Å². The van der Waals surface area contributed by atoms with Gasteiger partial charge in [0, 0.05) is 20.8 Å². The van der Waals surface area contributed by atoms with Crippen LogP contribution in [0.5, 0.6) is 0 Å². The van der Waals surface area contributed by atoms with Gasteiger partial charge in [-0.3, -0.25) is 14.4 Å². The number of carbonyl (C=O) groups excluding carboxylic acids is 4. The monoisotopic (exact) mass is 334 g/mol. The minimum atomic E-state index is -1.79. The largest absolute Gasteiger partial charge is 0.467 e. The molecule has 0 bridgehead atoms. The third-order valence-electron chi connectivity index (χ3n) is 2.85. The second-order valence-electron chi connectivity index (χ2n) is 4.69. The number of methoxy groups -OCH3 is 1. The molecule has 1 aliphatic heterocycles. The predicted molar refractivity (Wildman–Crippen MR) is 69.6 cm³/mol. The topological polar surface area (TPSA) is 135 Å². The van der Waals surface area contributed by atoms with Gasteiger partial charge in [-0.15, -0.1) is 0 Å². The normalized spacial score (nSPS) is 30.0. The van der Waals surface area contributed by atoms with Crippen molar-refractivity contribution < 1.29 is 48.0 Å². The van der Waals surface area contributed by atoms with E-state index in [0.29, 0.717) is 0 Å². The average Bonchev–Trinajstić information content (AvgIpc) is 2.43. The summed E-state index contributed by atoms with van der Waals surface area (Å²) in [6.45, 7) is 3.18. The van der Waals surface area contributed by atoms with Crippen molar-refractivity contribution in [1.29, 1.82) is 0 Å². The number of carbonyl (C=O) groups is 4. The second-order valence-corrected chi connectivity index (χ2v) is 4.69. The van der Waals surface area contributed by atoms with Gasteiger partial charge in [0.25, 0.3) is 0 Å². The number of rotatable bonds is 4. The van der Waals surface area contributed by atoms with E-state index in [1.807, 2.05) is 0 Å². The summed E-state index contributed by atoms with van der Waals surface area (Å²) in [7, 11) is 1.06. The summed E-state index contributed by atoms with van der Waals surface area (Å²) >= 11 is 0. The molecule has 0 aliphatic carbocycles. The fraction of sp³-hybridized carbons (Fsp3) is 0.692. The summed E-state index contributed by atoms with van der Waals surface area (Å²) in [6.07, 6.45) is -7.75. The molecule has 10 nitrogen and oxygen atoms in total. The molecule has 5 atom stereocenters. The predicted octanol–water partition coefficient (Wildman–Crippen LogP) is -1.33. The number of hydrogen-bond donors (Lipinski definition) is 1. The third kappa shape index (κ3) is 4.89. The fourth-order valence-corrected chi connectivity index (χ4v) is 2.10. The summed E-state index contributed by atoms with van der Waals surface area (Å²) in [5.41, 5.74) is 0. The van der Waals surface area contributed by atoms with Crippen molar-refractivity contribution in [3.8, 4) is 0 Å². The van der Waals surface area contributed by atoms with Crippen LogP contribution >= 0.6 is 0 Å². The molecule has 10 heteroatoms. The van der Waals surface area contributed by atoms with Crippen molar-refractivity contribution in [2.24, 2.45) is 0 Å². The zero-order valence-electron chi connectivity index (χ0n) is 13.0. The van der Waals surface area contributed by atoms with Gasteiger partial charge >= 0.3 is 23.9 Å². The lowest BCUT2D eigenvalue weighted by Crippen LogP contribution is -2.63. The summed E-state index contributed by atoms with van der Waals surface area (Å²) in [5, 5.41) is 9.93. The van der Waals surface area contributed by atoms with Crippen LogP contribution in [-0.2, 0) is 42.9 Å². The smallest absolute Gasteiger partial charge is 0.339 e. The first kappa shape index (κ1) is 18.8. The maximum Gasteiger partial charge on any atom is 0.339 e. The highest BCUT2D eigenvalue weighted by atomic mass is 16.7. The van der Waals surface area contributed by atoms with E-state index in [1.165, 1.54) is 0 Å². The molecule has 0 aromatic carbocycles. The number of esters is 4. The van der Waals surface area contributed by atoms with Gasteiger partial charge in [0.15, 0.2) is 30.7 Å². The van der Waals surface area contributed by atoms with E-state index in [2.05, 4.69) is 4.74 Å². The first-order chi connectivity index (χ1) is 10.7. The van der Waals surface area contributed by atoms with E-state index in [-0.39, 0.29) is 0 Å². The lowest BCUT2D eigenvalue weighted by Gasteiger charge is -2.41. The second kappa shape index (κ2) is 7.88. The number of aliphatic hydroxyl groups is 1. The first-order valence-electron chi connectivity index (χ1n) is 6.60. The van der Waals surface area contributed by atoms with Crippen LogP contribution in [0.25, 0.3) is 0 Å². The van der Waals surface area contributed by atoms with Crippen LogP contribution in [0.3, 0.4) is 0 Å². The van der Waals surface area contributed by atoms with Crippen LogP contribution in [0, 0.1) is 0 Å². The van der Waals surface area contributed by atoms with Gasteiger partial charge in [0.05, 0.1) is 7.11 Å². The Labute approximate surface area is 131 Å². The molecule has 1 saturated heterocycles. The highest BCUT2D eigenvalue weighted by Gasteiger charge is 2.54. The van der Waals surface area contributed by atoms with E-state index in [9.17, 15) is 24.3 Å². The van der Waals surface area contributed by atoms with E-state index >= 15 is 0 Å². The highest BCUT2D eigenvalue weighted by Crippen LogP contribution is 2.28. The molecule has 2 unspecified atom stereocenters. The quantitative estimate of drug-likeness (QED) is 0.486. The lowest BCUT2D eigenvalue weighted by molar-refractivity contribution is -0.289. The van der Waals surface area contributed by atoms with Gasteiger partial charge in [-0.1, -0.05) is 0 Å². The Morgan fingerprint density at radius 1 is 0.826 bits per heavy atom. The Hall–Kier alpha value is -2.20. The van der Waals surface area contributed by atoms with E-state index < -0.39 is 54.6 Å². The molecule has 0 aromatic heterocycles. The van der Waals surface area contributed by atoms with Gasteiger partial charge in [-0.05, 0) is 0 Å². The Morgan fingerprint density at radius 3 is 1.70 bits per heavy atom. The summed E-state index contributed by atoms with van der Waals surface area (Å²) < 4.78 is 24.3. The summed E-state index contributed by atoms with van der Waals surface area (Å²) in [6, 6.07) is 0. The molecule has 0 saturated carbocycles. The van der Waals surface area contributed by atoms with Gasteiger partial charge in [0.1, 0.15) is 0 Å². The maximum absolute atomic E-state index is 11.8.